The van der Waals surface area contributed by atoms with E-state index in [-0.39, 0.29) is 0 Å². The van der Waals surface area contributed by atoms with Gasteiger partial charge in [0.2, 0.25) is 0 Å². The Morgan fingerprint density at radius 2 is 2.00 bits per heavy atom. The van der Waals surface area contributed by atoms with Gasteiger partial charge < -0.3 is 14.5 Å². The second-order valence-electron chi connectivity index (χ2n) is 8.53. The van der Waals surface area contributed by atoms with Gasteiger partial charge in [0.1, 0.15) is 5.75 Å². The third kappa shape index (κ3) is 2.32. The summed E-state index contributed by atoms with van der Waals surface area (Å²) in [6, 6.07) is 14.3. The van der Waals surface area contributed by atoms with Crippen molar-refractivity contribution in [3.05, 3.63) is 53.1 Å². The molecule has 0 radical (unpaired) electrons. The van der Waals surface area contributed by atoms with E-state index in [1.165, 1.54) is 42.0 Å². The van der Waals surface area contributed by atoms with Gasteiger partial charge in [0.05, 0.1) is 18.0 Å². The van der Waals surface area contributed by atoms with Crippen LogP contribution in [0.25, 0.3) is 0 Å². The number of para-hydroxylation sites is 2. The molecule has 0 aliphatic carbocycles. The van der Waals surface area contributed by atoms with Crippen LogP contribution in [-0.2, 0) is 13.0 Å². The van der Waals surface area contributed by atoms with Crippen LogP contribution in [0.2, 0.25) is 0 Å². The number of likely N-dealkylation sites (tertiary alicyclic amines) is 1. The molecule has 2 atom stereocenters. The van der Waals surface area contributed by atoms with Crippen molar-refractivity contribution in [1.29, 1.82) is 0 Å². The molecule has 0 saturated carbocycles. The first-order valence-electron chi connectivity index (χ1n) is 10.4. The van der Waals surface area contributed by atoms with Crippen LogP contribution in [0.4, 0.5) is 11.4 Å². The lowest BCUT2D eigenvalue weighted by Crippen LogP contribution is -2.49. The van der Waals surface area contributed by atoms with Crippen LogP contribution in [0, 0.1) is 0 Å². The van der Waals surface area contributed by atoms with Crippen molar-refractivity contribution in [2.75, 3.05) is 49.6 Å². The monoisotopic (exact) mass is 361 g/mol. The summed E-state index contributed by atoms with van der Waals surface area (Å²) in [5, 5.41) is 0. The predicted octanol–water partition coefficient (Wildman–Crippen LogP) is 3.25. The fourth-order valence-corrected chi connectivity index (χ4v) is 5.77. The quantitative estimate of drug-likeness (QED) is 0.817. The maximum Gasteiger partial charge on any atom is 0.127 e. The van der Waals surface area contributed by atoms with E-state index in [0.29, 0.717) is 12.0 Å². The Hall–Kier alpha value is -2.20. The normalized spacial score (nSPS) is 25.8. The van der Waals surface area contributed by atoms with Crippen LogP contribution in [0.3, 0.4) is 0 Å². The average molecular weight is 361 g/mol. The molecule has 0 aromatic heterocycles. The highest BCUT2D eigenvalue weighted by atomic mass is 16.5. The highest BCUT2D eigenvalue weighted by Gasteiger charge is 2.44. The van der Waals surface area contributed by atoms with Crippen LogP contribution in [0.15, 0.2) is 36.4 Å². The van der Waals surface area contributed by atoms with Crippen LogP contribution in [0.5, 0.6) is 5.75 Å². The van der Waals surface area contributed by atoms with Crippen LogP contribution in [0.1, 0.15) is 29.0 Å². The fourth-order valence-electron chi connectivity index (χ4n) is 5.77. The predicted molar refractivity (Wildman–Crippen MR) is 109 cm³/mol. The molecule has 140 valence electrons. The summed E-state index contributed by atoms with van der Waals surface area (Å²) >= 11 is 0. The minimum atomic E-state index is 0.637. The summed E-state index contributed by atoms with van der Waals surface area (Å²) in [4.78, 5) is 7.80. The zero-order chi connectivity index (χ0) is 18.0. The molecular formula is C23H27N3O. The molecule has 2 aromatic carbocycles. The Labute approximate surface area is 161 Å². The number of hydrogen-bond donors (Lipinski definition) is 0. The maximum atomic E-state index is 5.94. The lowest BCUT2D eigenvalue weighted by atomic mass is 9.88. The number of hydrogen-bond acceptors (Lipinski definition) is 4. The largest absolute Gasteiger partial charge is 0.493 e. The SMILES string of the molecule is CN1CCN2c3c(cccc31)[C@@H]1CN(Cc3cccc4c3OCC4)CC[C@@H]12. The highest BCUT2D eigenvalue weighted by Crippen LogP contribution is 2.50. The minimum Gasteiger partial charge on any atom is -0.493 e. The number of rotatable bonds is 2. The Morgan fingerprint density at radius 3 is 2.96 bits per heavy atom. The van der Waals surface area contributed by atoms with E-state index in [9.17, 15) is 0 Å². The fraction of sp³-hybridized carbons (Fsp3) is 0.478. The molecule has 0 bridgehead atoms. The van der Waals surface area contributed by atoms with E-state index < -0.39 is 0 Å². The molecule has 0 amide bonds. The van der Waals surface area contributed by atoms with Gasteiger partial charge in [0.15, 0.2) is 0 Å². The lowest BCUT2D eigenvalue weighted by molar-refractivity contribution is 0.184. The first-order chi connectivity index (χ1) is 13.3. The number of anilines is 2. The molecule has 4 heterocycles. The number of fused-ring (bicyclic) bond motifs is 4. The van der Waals surface area contributed by atoms with E-state index in [4.69, 9.17) is 4.74 Å². The lowest BCUT2D eigenvalue weighted by Gasteiger charge is -2.41. The third-order valence-corrected chi connectivity index (χ3v) is 7.07. The molecule has 2 aromatic rings. The Balaban J connectivity index is 1.29. The first-order valence-corrected chi connectivity index (χ1v) is 10.4. The molecule has 4 aliphatic rings. The van der Waals surface area contributed by atoms with E-state index in [2.05, 4.69) is 58.1 Å². The summed E-state index contributed by atoms with van der Waals surface area (Å²) in [5.41, 5.74) is 7.28. The molecule has 4 nitrogen and oxygen atoms in total. The Bertz CT molecular complexity index is 895. The van der Waals surface area contributed by atoms with Gasteiger partial charge in [0, 0.05) is 63.7 Å². The smallest absolute Gasteiger partial charge is 0.127 e. The van der Waals surface area contributed by atoms with Crippen molar-refractivity contribution < 1.29 is 4.74 Å². The molecule has 1 saturated heterocycles. The van der Waals surface area contributed by atoms with Crippen LogP contribution < -0.4 is 14.5 Å². The third-order valence-electron chi connectivity index (χ3n) is 7.07. The maximum absolute atomic E-state index is 5.94. The first kappa shape index (κ1) is 15.8. The average Bonchev–Trinajstić information content (AvgIpc) is 3.29. The van der Waals surface area contributed by atoms with Gasteiger partial charge in [-0.1, -0.05) is 30.3 Å². The van der Waals surface area contributed by atoms with Crippen molar-refractivity contribution in [2.45, 2.75) is 31.3 Å². The molecule has 4 heteroatoms. The molecule has 6 rings (SSSR count). The van der Waals surface area contributed by atoms with Crippen LogP contribution in [-0.4, -0.2) is 50.8 Å². The second-order valence-corrected chi connectivity index (χ2v) is 8.53. The molecule has 27 heavy (non-hydrogen) atoms. The van der Waals surface area contributed by atoms with Crippen LogP contribution >= 0.6 is 0 Å². The summed E-state index contributed by atoms with van der Waals surface area (Å²) < 4.78 is 5.94. The van der Waals surface area contributed by atoms with Crippen molar-refractivity contribution in [3.63, 3.8) is 0 Å². The van der Waals surface area contributed by atoms with E-state index >= 15 is 0 Å². The topological polar surface area (TPSA) is 19.0 Å². The molecule has 4 aliphatic heterocycles. The number of nitrogens with zero attached hydrogens (tertiary/aromatic N) is 3. The van der Waals surface area contributed by atoms with Gasteiger partial charge >= 0.3 is 0 Å². The van der Waals surface area contributed by atoms with E-state index in [1.54, 1.807) is 5.56 Å². The summed E-state index contributed by atoms with van der Waals surface area (Å²) in [7, 11) is 2.23. The van der Waals surface area contributed by atoms with Gasteiger partial charge in [-0.2, -0.15) is 0 Å². The van der Waals surface area contributed by atoms with Gasteiger partial charge in [-0.3, -0.25) is 4.90 Å². The molecule has 0 N–H and O–H groups in total. The van der Waals surface area contributed by atoms with Gasteiger partial charge in [0.25, 0.3) is 0 Å². The molecule has 1 fully saturated rings. The summed E-state index contributed by atoms with van der Waals surface area (Å²) in [6.45, 7) is 6.50. The van der Waals surface area contributed by atoms with Gasteiger partial charge in [-0.15, -0.1) is 0 Å². The number of benzene rings is 2. The number of ether oxygens (including phenoxy) is 1. The molecular weight excluding hydrogens is 334 g/mol. The van der Waals surface area contributed by atoms with Crippen molar-refractivity contribution in [2.24, 2.45) is 0 Å². The minimum absolute atomic E-state index is 0.637. The Morgan fingerprint density at radius 1 is 1.07 bits per heavy atom. The van der Waals surface area contributed by atoms with Crippen molar-refractivity contribution in [1.82, 2.24) is 4.90 Å². The molecule has 0 unspecified atom stereocenters. The van der Waals surface area contributed by atoms with Crippen molar-refractivity contribution in [3.8, 4) is 5.75 Å². The second kappa shape index (κ2) is 5.90. The van der Waals surface area contributed by atoms with E-state index in [0.717, 1.165) is 38.4 Å². The number of likely N-dealkylation sites (N-methyl/N-ethyl adjacent to an activating group) is 1. The standard InChI is InChI=1S/C23H27N3O/c1-24-11-12-26-20-8-10-25(14-17-5-2-4-16-9-13-27-23(16)17)15-19(20)18-6-3-7-21(24)22(18)26/h2-7,19-20H,8-15H2,1H3/t19-,20-/m0/s1. The van der Waals surface area contributed by atoms with Gasteiger partial charge in [-0.25, -0.2) is 0 Å². The summed E-state index contributed by atoms with van der Waals surface area (Å²) in [5.74, 6) is 1.80. The van der Waals surface area contributed by atoms with Gasteiger partial charge in [-0.05, 0) is 23.6 Å². The van der Waals surface area contributed by atoms with E-state index in [1.807, 2.05) is 0 Å². The van der Waals surface area contributed by atoms with Crippen molar-refractivity contribution >= 4 is 11.4 Å². The molecule has 0 spiro atoms. The summed E-state index contributed by atoms with van der Waals surface area (Å²) in [6.07, 6.45) is 2.32. The highest BCUT2D eigenvalue weighted by molar-refractivity contribution is 5.80. The Kier molecular flexibility index (Phi) is 3.46. The zero-order valence-corrected chi connectivity index (χ0v) is 16.0. The zero-order valence-electron chi connectivity index (χ0n) is 16.0. The number of piperidine rings is 1.